The van der Waals surface area contributed by atoms with Gasteiger partial charge in [-0.05, 0) is 36.8 Å². The number of ether oxygens (including phenoxy) is 1. The summed E-state index contributed by atoms with van der Waals surface area (Å²) in [5.41, 5.74) is 9.43. The van der Waals surface area contributed by atoms with Crippen LogP contribution in [-0.2, 0) is 15.6 Å². The van der Waals surface area contributed by atoms with Crippen molar-refractivity contribution in [1.29, 1.82) is 0 Å². The second kappa shape index (κ2) is 3.82. The Morgan fingerprint density at radius 2 is 1.71 bits per heavy atom. The number of hydrogen-bond donors (Lipinski definition) is 1. The van der Waals surface area contributed by atoms with E-state index in [1.165, 1.54) is 36.8 Å². The fraction of sp³-hybridized carbons (Fsp3) is 0.600. The first-order chi connectivity index (χ1) is 8.25. The zero-order valence-electron chi connectivity index (χ0n) is 10.5. The second-order valence-electron chi connectivity index (χ2n) is 5.78. The molecule has 0 aliphatic heterocycles. The van der Waals surface area contributed by atoms with Gasteiger partial charge in [-0.1, -0.05) is 24.3 Å². The van der Waals surface area contributed by atoms with Crippen LogP contribution in [0.2, 0.25) is 0 Å². The highest BCUT2D eigenvalue weighted by atomic mass is 16.5. The van der Waals surface area contributed by atoms with Crippen molar-refractivity contribution < 1.29 is 4.74 Å². The Labute approximate surface area is 103 Å². The molecule has 2 fully saturated rings. The van der Waals surface area contributed by atoms with Gasteiger partial charge in [0.1, 0.15) is 0 Å². The van der Waals surface area contributed by atoms with Gasteiger partial charge in [0.15, 0.2) is 0 Å². The van der Waals surface area contributed by atoms with Crippen molar-refractivity contribution in [2.75, 3.05) is 20.3 Å². The van der Waals surface area contributed by atoms with E-state index in [0.29, 0.717) is 10.8 Å². The van der Waals surface area contributed by atoms with Crippen LogP contribution in [0.5, 0.6) is 0 Å². The van der Waals surface area contributed by atoms with E-state index in [0.717, 1.165) is 13.2 Å². The van der Waals surface area contributed by atoms with E-state index in [-0.39, 0.29) is 0 Å². The molecule has 0 unspecified atom stereocenters. The van der Waals surface area contributed by atoms with Crippen molar-refractivity contribution in [3.05, 3.63) is 35.4 Å². The predicted octanol–water partition coefficient (Wildman–Crippen LogP) is 2.35. The zero-order valence-corrected chi connectivity index (χ0v) is 10.5. The summed E-state index contributed by atoms with van der Waals surface area (Å²) in [4.78, 5) is 0. The molecule has 0 spiro atoms. The lowest BCUT2D eigenvalue weighted by molar-refractivity contribution is 0.171. The van der Waals surface area contributed by atoms with E-state index in [4.69, 9.17) is 10.5 Å². The Bertz CT molecular complexity index is 419. The normalized spacial score (nSPS) is 23.4. The van der Waals surface area contributed by atoms with Crippen molar-refractivity contribution in [3.8, 4) is 0 Å². The van der Waals surface area contributed by atoms with Gasteiger partial charge < -0.3 is 10.5 Å². The van der Waals surface area contributed by atoms with Crippen LogP contribution in [0.4, 0.5) is 0 Å². The molecule has 2 heteroatoms. The number of hydrogen-bond acceptors (Lipinski definition) is 2. The van der Waals surface area contributed by atoms with Crippen LogP contribution < -0.4 is 5.73 Å². The van der Waals surface area contributed by atoms with Gasteiger partial charge in [0.05, 0.1) is 6.61 Å². The lowest BCUT2D eigenvalue weighted by Gasteiger charge is -2.19. The van der Waals surface area contributed by atoms with Gasteiger partial charge in [-0.25, -0.2) is 0 Å². The third-order valence-corrected chi connectivity index (χ3v) is 4.61. The maximum absolute atomic E-state index is 5.91. The van der Waals surface area contributed by atoms with Gasteiger partial charge in [0, 0.05) is 24.5 Å². The summed E-state index contributed by atoms with van der Waals surface area (Å²) in [7, 11) is 1.80. The lowest BCUT2D eigenvalue weighted by Crippen LogP contribution is -2.21. The van der Waals surface area contributed by atoms with E-state index in [9.17, 15) is 0 Å². The summed E-state index contributed by atoms with van der Waals surface area (Å²) < 4.78 is 5.37. The molecule has 1 aromatic rings. The minimum atomic E-state index is 0.305. The van der Waals surface area contributed by atoms with E-state index in [1.807, 2.05) is 0 Å². The fourth-order valence-corrected chi connectivity index (χ4v) is 2.88. The van der Waals surface area contributed by atoms with Crippen LogP contribution in [0, 0.1) is 0 Å². The number of methoxy groups -OCH3 is 1. The Morgan fingerprint density at radius 3 is 2.18 bits per heavy atom. The summed E-state index contributed by atoms with van der Waals surface area (Å²) in [6.45, 7) is 1.64. The largest absolute Gasteiger partial charge is 0.384 e. The van der Waals surface area contributed by atoms with Gasteiger partial charge in [0.2, 0.25) is 0 Å². The molecule has 0 radical (unpaired) electrons. The lowest BCUT2D eigenvalue weighted by atomic mass is 9.89. The Kier molecular flexibility index (Phi) is 2.53. The van der Waals surface area contributed by atoms with Gasteiger partial charge in [-0.15, -0.1) is 0 Å². The molecule has 92 valence electrons. The van der Waals surface area contributed by atoms with Gasteiger partial charge in [-0.3, -0.25) is 0 Å². The van der Waals surface area contributed by atoms with Crippen LogP contribution in [0.25, 0.3) is 0 Å². The van der Waals surface area contributed by atoms with Crippen molar-refractivity contribution in [3.63, 3.8) is 0 Å². The zero-order chi connectivity index (χ0) is 11.9. The Morgan fingerprint density at radius 1 is 1.12 bits per heavy atom. The molecule has 2 nitrogen and oxygen atoms in total. The summed E-state index contributed by atoms with van der Waals surface area (Å²) in [6.07, 6.45) is 5.04. The number of nitrogens with two attached hydrogens (primary N) is 1. The third kappa shape index (κ3) is 1.80. The first-order valence-corrected chi connectivity index (χ1v) is 6.55. The molecule has 1 aromatic carbocycles. The van der Waals surface area contributed by atoms with E-state index in [1.54, 1.807) is 7.11 Å². The standard InChI is InChI=1S/C15H21NO/c1-17-11-15(7-8-15)13-4-2-3-12(9-13)14(10-16)5-6-14/h2-4,9H,5-8,10-11,16H2,1H3. The van der Waals surface area contributed by atoms with Crippen LogP contribution in [-0.4, -0.2) is 20.3 Å². The number of rotatable bonds is 5. The molecule has 0 heterocycles. The molecule has 2 N–H and O–H groups in total. The average Bonchev–Trinajstić information content (AvgIpc) is 3.26. The SMILES string of the molecule is COCC1(c2cccc(C3(CN)CC3)c2)CC1. The van der Waals surface area contributed by atoms with Crippen molar-refractivity contribution >= 4 is 0 Å². The van der Waals surface area contributed by atoms with E-state index < -0.39 is 0 Å². The molecule has 0 amide bonds. The topological polar surface area (TPSA) is 35.2 Å². The maximum Gasteiger partial charge on any atom is 0.0559 e. The summed E-state index contributed by atoms with van der Waals surface area (Å²) in [5, 5.41) is 0. The van der Waals surface area contributed by atoms with Crippen LogP contribution in [0.1, 0.15) is 36.8 Å². The Balaban J connectivity index is 1.90. The minimum absolute atomic E-state index is 0.305. The fourth-order valence-electron chi connectivity index (χ4n) is 2.88. The minimum Gasteiger partial charge on any atom is -0.384 e. The average molecular weight is 231 g/mol. The Hall–Kier alpha value is -0.860. The smallest absolute Gasteiger partial charge is 0.0559 e. The molecule has 2 aliphatic rings. The molecule has 3 rings (SSSR count). The molecular weight excluding hydrogens is 210 g/mol. The highest BCUT2D eigenvalue weighted by molar-refractivity contribution is 5.40. The number of benzene rings is 1. The molecule has 0 aromatic heterocycles. The van der Waals surface area contributed by atoms with E-state index in [2.05, 4.69) is 24.3 Å². The molecule has 0 atom stereocenters. The first kappa shape index (κ1) is 11.2. The molecule has 0 bridgehead atoms. The van der Waals surface area contributed by atoms with Crippen molar-refractivity contribution in [2.24, 2.45) is 5.73 Å². The molecule has 2 aliphatic carbocycles. The highest BCUT2D eigenvalue weighted by Gasteiger charge is 2.47. The monoisotopic (exact) mass is 231 g/mol. The second-order valence-corrected chi connectivity index (χ2v) is 5.78. The molecule has 2 saturated carbocycles. The van der Waals surface area contributed by atoms with Crippen molar-refractivity contribution in [2.45, 2.75) is 36.5 Å². The first-order valence-electron chi connectivity index (χ1n) is 6.55. The van der Waals surface area contributed by atoms with Crippen molar-refractivity contribution in [1.82, 2.24) is 0 Å². The van der Waals surface area contributed by atoms with Crippen LogP contribution in [0.15, 0.2) is 24.3 Å². The molecule has 17 heavy (non-hydrogen) atoms. The molecule has 0 saturated heterocycles. The summed E-state index contributed by atoms with van der Waals surface area (Å²) >= 11 is 0. The van der Waals surface area contributed by atoms with Gasteiger partial charge >= 0.3 is 0 Å². The molecular formula is C15H21NO. The van der Waals surface area contributed by atoms with Crippen LogP contribution in [0.3, 0.4) is 0 Å². The van der Waals surface area contributed by atoms with Crippen LogP contribution >= 0.6 is 0 Å². The van der Waals surface area contributed by atoms with E-state index >= 15 is 0 Å². The van der Waals surface area contributed by atoms with Gasteiger partial charge in [0.25, 0.3) is 0 Å². The quantitative estimate of drug-likeness (QED) is 0.844. The summed E-state index contributed by atoms with van der Waals surface area (Å²) in [5.74, 6) is 0. The summed E-state index contributed by atoms with van der Waals surface area (Å²) in [6, 6.07) is 9.07. The maximum atomic E-state index is 5.91. The van der Waals surface area contributed by atoms with Gasteiger partial charge in [-0.2, -0.15) is 0 Å². The predicted molar refractivity (Wildman–Crippen MR) is 69.2 cm³/mol. The highest BCUT2D eigenvalue weighted by Crippen LogP contribution is 2.51. The third-order valence-electron chi connectivity index (χ3n) is 4.61.